The van der Waals surface area contributed by atoms with Crippen LogP contribution in [0.5, 0.6) is 0 Å². The van der Waals surface area contributed by atoms with Gasteiger partial charge in [0.15, 0.2) is 0 Å². The smallest absolute Gasteiger partial charge is 0.230 e. The summed E-state index contributed by atoms with van der Waals surface area (Å²) in [5.41, 5.74) is 0. The number of aromatic nitrogens is 3. The fourth-order valence-corrected chi connectivity index (χ4v) is 1.84. The van der Waals surface area contributed by atoms with Gasteiger partial charge in [0, 0.05) is 27.2 Å². The molecule has 0 bridgehead atoms. The molecular weight excluding hydrogens is 292 g/mol. The molecule has 19 heavy (non-hydrogen) atoms. The van der Waals surface area contributed by atoms with Gasteiger partial charge < -0.3 is 10.2 Å². The number of anilines is 2. The standard InChI is InChI=1S/C9H17ClN6O2S/c1-16(2)9-14-7(10)13-8(15-9)11-5-4-6-12-19(3,17)18/h12H,4-6H2,1-3H3,(H,11,13,14,15). The first kappa shape index (κ1) is 15.9. The molecule has 0 saturated carbocycles. The summed E-state index contributed by atoms with van der Waals surface area (Å²) < 4.78 is 24.1. The van der Waals surface area contributed by atoms with E-state index in [0.717, 1.165) is 6.26 Å². The fourth-order valence-electron chi connectivity index (χ4n) is 1.16. The maximum absolute atomic E-state index is 10.8. The van der Waals surface area contributed by atoms with Crippen molar-refractivity contribution in [3.05, 3.63) is 5.28 Å². The van der Waals surface area contributed by atoms with Crippen molar-refractivity contribution in [3.8, 4) is 0 Å². The molecule has 2 N–H and O–H groups in total. The highest BCUT2D eigenvalue weighted by molar-refractivity contribution is 7.88. The number of hydrogen-bond donors (Lipinski definition) is 2. The zero-order valence-corrected chi connectivity index (χ0v) is 12.6. The third kappa shape index (κ3) is 6.50. The van der Waals surface area contributed by atoms with E-state index in [1.54, 1.807) is 19.0 Å². The molecule has 1 aromatic rings. The van der Waals surface area contributed by atoms with Gasteiger partial charge in [-0.1, -0.05) is 0 Å². The van der Waals surface area contributed by atoms with Crippen molar-refractivity contribution in [2.45, 2.75) is 6.42 Å². The Labute approximate surface area is 117 Å². The number of nitrogens with zero attached hydrogens (tertiary/aromatic N) is 4. The summed E-state index contributed by atoms with van der Waals surface area (Å²) >= 11 is 5.77. The maximum Gasteiger partial charge on any atom is 0.230 e. The summed E-state index contributed by atoms with van der Waals surface area (Å²) in [5, 5.41) is 3.07. The van der Waals surface area contributed by atoms with Crippen LogP contribution in [0.25, 0.3) is 0 Å². The van der Waals surface area contributed by atoms with Crippen LogP contribution in [0.2, 0.25) is 5.28 Å². The van der Waals surface area contributed by atoms with E-state index in [4.69, 9.17) is 11.6 Å². The van der Waals surface area contributed by atoms with Gasteiger partial charge in [0.2, 0.25) is 27.2 Å². The predicted molar refractivity (Wildman–Crippen MR) is 75.1 cm³/mol. The highest BCUT2D eigenvalue weighted by Crippen LogP contribution is 2.11. The second kappa shape index (κ2) is 6.83. The fraction of sp³-hybridized carbons (Fsp3) is 0.667. The Balaban J connectivity index is 2.45. The molecule has 0 aliphatic carbocycles. The quantitative estimate of drug-likeness (QED) is 0.681. The Morgan fingerprint density at radius 1 is 1.21 bits per heavy atom. The Morgan fingerprint density at radius 2 is 1.89 bits per heavy atom. The summed E-state index contributed by atoms with van der Waals surface area (Å²) in [6.07, 6.45) is 1.73. The molecule has 108 valence electrons. The van der Waals surface area contributed by atoms with Crippen LogP contribution in [0.3, 0.4) is 0 Å². The van der Waals surface area contributed by atoms with Crippen molar-refractivity contribution in [2.24, 2.45) is 0 Å². The van der Waals surface area contributed by atoms with E-state index in [1.807, 2.05) is 0 Å². The van der Waals surface area contributed by atoms with Crippen LogP contribution in [0.1, 0.15) is 6.42 Å². The van der Waals surface area contributed by atoms with Gasteiger partial charge >= 0.3 is 0 Å². The zero-order valence-electron chi connectivity index (χ0n) is 11.0. The molecule has 0 aliphatic heterocycles. The molecule has 0 unspecified atom stereocenters. The Bertz CT molecular complexity index is 521. The minimum atomic E-state index is -3.14. The third-order valence-corrected chi connectivity index (χ3v) is 2.89. The highest BCUT2D eigenvalue weighted by atomic mass is 35.5. The molecule has 1 aromatic heterocycles. The lowest BCUT2D eigenvalue weighted by atomic mass is 10.4. The molecule has 0 saturated heterocycles. The molecule has 0 amide bonds. The third-order valence-electron chi connectivity index (χ3n) is 2.00. The van der Waals surface area contributed by atoms with E-state index in [-0.39, 0.29) is 5.28 Å². The Kier molecular flexibility index (Phi) is 5.70. The van der Waals surface area contributed by atoms with Crippen LogP contribution in [0.15, 0.2) is 0 Å². The molecule has 8 nitrogen and oxygen atoms in total. The average Bonchev–Trinajstić information content (AvgIpc) is 2.26. The number of nitrogens with one attached hydrogen (secondary N) is 2. The Hall–Kier alpha value is -1.19. The first-order chi connectivity index (χ1) is 8.78. The van der Waals surface area contributed by atoms with Crippen LogP contribution in [0, 0.1) is 0 Å². The van der Waals surface area contributed by atoms with Crippen LogP contribution in [-0.2, 0) is 10.0 Å². The van der Waals surface area contributed by atoms with Crippen LogP contribution >= 0.6 is 11.6 Å². The van der Waals surface area contributed by atoms with E-state index >= 15 is 0 Å². The molecule has 1 heterocycles. The largest absolute Gasteiger partial charge is 0.354 e. The van der Waals surface area contributed by atoms with Crippen molar-refractivity contribution >= 4 is 33.5 Å². The van der Waals surface area contributed by atoms with Crippen LogP contribution in [-0.4, -0.2) is 56.8 Å². The molecule has 0 aliphatic rings. The van der Waals surface area contributed by atoms with E-state index < -0.39 is 10.0 Å². The van der Waals surface area contributed by atoms with Gasteiger partial charge in [0.05, 0.1) is 6.26 Å². The van der Waals surface area contributed by atoms with Crippen LogP contribution in [0.4, 0.5) is 11.9 Å². The average molecular weight is 309 g/mol. The molecule has 0 fully saturated rings. The molecule has 0 radical (unpaired) electrons. The van der Waals surface area contributed by atoms with Gasteiger partial charge in [-0.25, -0.2) is 13.1 Å². The number of sulfonamides is 1. The number of hydrogen-bond acceptors (Lipinski definition) is 7. The zero-order chi connectivity index (χ0) is 14.5. The van der Waals surface area contributed by atoms with Crippen LogP contribution < -0.4 is 14.9 Å². The van der Waals surface area contributed by atoms with Crippen molar-refractivity contribution < 1.29 is 8.42 Å². The minimum Gasteiger partial charge on any atom is -0.354 e. The molecule has 10 heteroatoms. The first-order valence-electron chi connectivity index (χ1n) is 5.55. The van der Waals surface area contributed by atoms with Gasteiger partial charge in [0.1, 0.15) is 0 Å². The van der Waals surface area contributed by atoms with Gasteiger partial charge in [-0.15, -0.1) is 0 Å². The number of rotatable bonds is 7. The van der Waals surface area contributed by atoms with Crippen molar-refractivity contribution in [2.75, 3.05) is 43.7 Å². The maximum atomic E-state index is 10.8. The Morgan fingerprint density at radius 3 is 2.47 bits per heavy atom. The lowest BCUT2D eigenvalue weighted by Gasteiger charge is -2.11. The lowest BCUT2D eigenvalue weighted by molar-refractivity contribution is 0.586. The lowest BCUT2D eigenvalue weighted by Crippen LogP contribution is -2.24. The first-order valence-corrected chi connectivity index (χ1v) is 7.82. The second-order valence-corrected chi connectivity index (χ2v) is 6.24. The summed E-state index contributed by atoms with van der Waals surface area (Å²) in [4.78, 5) is 13.7. The monoisotopic (exact) mass is 308 g/mol. The topological polar surface area (TPSA) is 100 Å². The van der Waals surface area contributed by atoms with E-state index in [1.165, 1.54) is 0 Å². The minimum absolute atomic E-state index is 0.107. The van der Waals surface area contributed by atoms with Gasteiger partial charge in [-0.05, 0) is 18.0 Å². The van der Waals surface area contributed by atoms with Crippen molar-refractivity contribution in [1.29, 1.82) is 0 Å². The van der Waals surface area contributed by atoms with Gasteiger partial charge in [-0.2, -0.15) is 15.0 Å². The number of halogens is 1. The van der Waals surface area contributed by atoms with E-state index in [9.17, 15) is 8.42 Å². The summed E-state index contributed by atoms with van der Waals surface area (Å²) in [5.74, 6) is 0.819. The van der Waals surface area contributed by atoms with Crippen molar-refractivity contribution in [1.82, 2.24) is 19.7 Å². The highest BCUT2D eigenvalue weighted by Gasteiger charge is 2.06. The molecular formula is C9H17ClN6O2S. The van der Waals surface area contributed by atoms with E-state index in [2.05, 4.69) is 25.0 Å². The SMILES string of the molecule is CN(C)c1nc(Cl)nc(NCCCNS(C)(=O)=O)n1. The molecule has 1 rings (SSSR count). The predicted octanol–water partition coefficient (Wildman–Crippen LogP) is -0.0578. The summed E-state index contributed by atoms with van der Waals surface area (Å²) in [6, 6.07) is 0. The van der Waals surface area contributed by atoms with Gasteiger partial charge in [-0.3, -0.25) is 0 Å². The molecule has 0 aromatic carbocycles. The summed E-state index contributed by atoms with van der Waals surface area (Å²) in [6.45, 7) is 0.876. The van der Waals surface area contributed by atoms with E-state index in [0.29, 0.717) is 31.4 Å². The summed E-state index contributed by atoms with van der Waals surface area (Å²) in [7, 11) is 0.453. The second-order valence-electron chi connectivity index (χ2n) is 4.07. The van der Waals surface area contributed by atoms with Gasteiger partial charge in [0.25, 0.3) is 0 Å². The molecule has 0 spiro atoms. The van der Waals surface area contributed by atoms with Crippen molar-refractivity contribution in [3.63, 3.8) is 0 Å². The normalized spacial score (nSPS) is 11.4. The molecule has 0 atom stereocenters.